The maximum Gasteiger partial charge on any atom is 0.325 e. The molecule has 3 aliphatic rings. The van der Waals surface area contributed by atoms with E-state index in [9.17, 15) is 14.8 Å². The number of amides is 1. The fourth-order valence-corrected chi connectivity index (χ4v) is 5.65. The van der Waals surface area contributed by atoms with Crippen LogP contribution in [-0.2, 0) is 19.1 Å². The van der Waals surface area contributed by atoms with Crippen molar-refractivity contribution in [2.24, 2.45) is 17.8 Å². The lowest BCUT2D eigenvalue weighted by molar-refractivity contribution is -0.154. The molecule has 0 aromatic rings. The smallest absolute Gasteiger partial charge is 0.325 e. The lowest BCUT2D eigenvalue weighted by Crippen LogP contribution is -2.63. The fraction of sp³-hybridized carbons (Fsp3) is 0.923. The van der Waals surface area contributed by atoms with E-state index in [2.05, 4.69) is 21.3 Å². The van der Waals surface area contributed by atoms with Gasteiger partial charge in [-0.1, -0.05) is 0 Å². The number of hydrogen-bond donors (Lipinski definition) is 5. The fourth-order valence-electron chi connectivity index (χ4n) is 5.65. The van der Waals surface area contributed by atoms with Crippen LogP contribution in [0.2, 0.25) is 0 Å². The summed E-state index contributed by atoms with van der Waals surface area (Å²) in [6, 6.07) is 0.488. The largest absolute Gasteiger partial charge is 0.459 e. The van der Waals surface area contributed by atoms with E-state index >= 15 is 0 Å². The van der Waals surface area contributed by atoms with Gasteiger partial charge in [0.15, 0.2) is 0 Å². The summed E-state index contributed by atoms with van der Waals surface area (Å²) in [5, 5.41) is 24.1. The molecule has 208 valence electrons. The minimum Gasteiger partial charge on any atom is -0.459 e. The normalized spacial score (nSPS) is 31.7. The van der Waals surface area contributed by atoms with Crippen molar-refractivity contribution < 1.29 is 24.3 Å². The maximum atomic E-state index is 12.5. The molecule has 10 heteroatoms. The molecule has 2 saturated carbocycles. The van der Waals surface area contributed by atoms with E-state index in [1.165, 1.54) is 5.06 Å². The molecule has 1 heterocycles. The number of esters is 1. The summed E-state index contributed by atoms with van der Waals surface area (Å²) in [5.41, 5.74) is -0.538. The molecule has 1 saturated heterocycles. The van der Waals surface area contributed by atoms with E-state index < -0.39 is 5.60 Å². The molecule has 36 heavy (non-hydrogen) atoms. The molecule has 0 spiro atoms. The Bertz CT molecular complexity index is 677. The van der Waals surface area contributed by atoms with E-state index in [1.54, 1.807) is 7.05 Å². The number of carbonyl (C=O) groups is 2. The van der Waals surface area contributed by atoms with Crippen LogP contribution in [0.4, 0.5) is 0 Å². The second kappa shape index (κ2) is 14.0. The highest BCUT2D eigenvalue weighted by Crippen LogP contribution is 2.34. The van der Waals surface area contributed by atoms with Crippen LogP contribution >= 0.6 is 0 Å². The molecular weight excluding hydrogens is 462 g/mol. The molecule has 3 fully saturated rings. The monoisotopic (exact) mass is 511 g/mol. The predicted molar refractivity (Wildman–Crippen MR) is 137 cm³/mol. The molecule has 5 N–H and O–H groups in total. The van der Waals surface area contributed by atoms with E-state index in [-0.39, 0.29) is 30.6 Å². The number of hydroxylamine groups is 2. The van der Waals surface area contributed by atoms with Crippen LogP contribution in [-0.4, -0.2) is 86.0 Å². The Hall–Kier alpha value is -1.30. The second-order valence-electron chi connectivity index (χ2n) is 11.8. The number of likely N-dealkylation sites (N-methyl/N-ethyl adjacent to an activating group) is 1. The van der Waals surface area contributed by atoms with E-state index in [0.29, 0.717) is 37.1 Å². The summed E-state index contributed by atoms with van der Waals surface area (Å²) < 4.78 is 11.1. The molecule has 1 aliphatic heterocycles. The number of carbonyl (C=O) groups excluding carboxylic acids is 2. The third kappa shape index (κ3) is 10.2. The molecule has 0 aromatic carbocycles. The van der Waals surface area contributed by atoms with Gasteiger partial charge in [-0.2, -0.15) is 5.06 Å². The first-order valence-corrected chi connectivity index (χ1v) is 13.8. The first-order valence-electron chi connectivity index (χ1n) is 13.8. The zero-order chi connectivity index (χ0) is 26.1. The number of nitrogens with one attached hydrogen (secondary N) is 4. The molecule has 10 nitrogen and oxygen atoms in total. The number of nitrogens with zero attached hydrogens (tertiary/aromatic N) is 1. The van der Waals surface area contributed by atoms with E-state index in [0.717, 1.165) is 64.5 Å². The zero-order valence-electron chi connectivity index (χ0n) is 22.7. The Morgan fingerprint density at radius 1 is 0.972 bits per heavy atom. The number of hydrogen-bond acceptors (Lipinski definition) is 9. The third-order valence-electron chi connectivity index (χ3n) is 7.65. The van der Waals surface area contributed by atoms with Crippen LogP contribution in [0, 0.1) is 17.8 Å². The highest BCUT2D eigenvalue weighted by molar-refractivity contribution is 5.83. The lowest BCUT2D eigenvalue weighted by atomic mass is 9.75. The zero-order valence-corrected chi connectivity index (χ0v) is 22.7. The average Bonchev–Trinajstić information content (AvgIpc) is 2.83. The Kier molecular flexibility index (Phi) is 11.4. The standard InChI is InChI=1S/C26H49N5O5/c1-26(2,3)36-23(32)17-27-24(33)19-7-5-18(6-8-19)20-15-28-25(29-16-20)30-21-9-11-22(12-10-21)35-14-13-31(4)34/h18-22,25,28-30,34H,5-17H2,1-4H3,(H,27,33). The second-order valence-corrected chi connectivity index (χ2v) is 11.8. The molecular formula is C26H49N5O5. The van der Waals surface area contributed by atoms with Gasteiger partial charge in [0.2, 0.25) is 5.91 Å². The van der Waals surface area contributed by atoms with Crippen molar-refractivity contribution in [1.82, 2.24) is 26.3 Å². The minimum absolute atomic E-state index is 0.00809. The molecule has 0 unspecified atom stereocenters. The summed E-state index contributed by atoms with van der Waals surface area (Å²) in [5.74, 6) is 0.768. The SMILES string of the molecule is CN(O)CCOC1CCC(NC2NCC(C3CCC(C(=O)NCC(=O)OC(C)(C)C)CC3)CN2)CC1. The highest BCUT2D eigenvalue weighted by atomic mass is 16.6. The summed E-state index contributed by atoms with van der Waals surface area (Å²) in [7, 11) is 1.64. The summed E-state index contributed by atoms with van der Waals surface area (Å²) in [6.07, 6.45) is 8.60. The maximum absolute atomic E-state index is 12.5. The van der Waals surface area contributed by atoms with Crippen LogP contribution in [0.15, 0.2) is 0 Å². The molecule has 1 amide bonds. The molecule has 0 bridgehead atoms. The predicted octanol–water partition coefficient (Wildman–Crippen LogP) is 1.58. The lowest BCUT2D eigenvalue weighted by Gasteiger charge is -2.40. The average molecular weight is 512 g/mol. The number of ether oxygens (including phenoxy) is 2. The molecule has 0 aromatic heterocycles. The Labute approximate surface area is 216 Å². The van der Waals surface area contributed by atoms with Crippen LogP contribution in [0.1, 0.15) is 72.1 Å². The van der Waals surface area contributed by atoms with Gasteiger partial charge in [-0.15, -0.1) is 0 Å². The van der Waals surface area contributed by atoms with Gasteiger partial charge in [0.1, 0.15) is 18.4 Å². The van der Waals surface area contributed by atoms with Crippen molar-refractivity contribution in [1.29, 1.82) is 0 Å². The van der Waals surface area contributed by atoms with Gasteiger partial charge >= 0.3 is 5.97 Å². The van der Waals surface area contributed by atoms with Crippen molar-refractivity contribution in [2.45, 2.75) is 96.2 Å². The summed E-state index contributed by atoms with van der Waals surface area (Å²) in [6.45, 7) is 8.49. The molecule has 0 atom stereocenters. The van der Waals surface area contributed by atoms with Crippen molar-refractivity contribution in [3.63, 3.8) is 0 Å². The van der Waals surface area contributed by atoms with Gasteiger partial charge < -0.3 is 20.0 Å². The van der Waals surface area contributed by atoms with Crippen LogP contribution in [0.5, 0.6) is 0 Å². The van der Waals surface area contributed by atoms with Gasteiger partial charge in [0.05, 0.1) is 12.7 Å². The van der Waals surface area contributed by atoms with Crippen LogP contribution in [0.3, 0.4) is 0 Å². The van der Waals surface area contributed by atoms with E-state index in [4.69, 9.17) is 9.47 Å². The van der Waals surface area contributed by atoms with Crippen molar-refractivity contribution >= 4 is 11.9 Å². The van der Waals surface area contributed by atoms with E-state index in [1.807, 2.05) is 20.8 Å². The summed E-state index contributed by atoms with van der Waals surface area (Å²) in [4.78, 5) is 24.4. The van der Waals surface area contributed by atoms with Crippen molar-refractivity contribution in [3.8, 4) is 0 Å². The Morgan fingerprint density at radius 3 is 2.19 bits per heavy atom. The quantitative estimate of drug-likeness (QED) is 0.220. The Balaban J connectivity index is 1.27. The van der Waals surface area contributed by atoms with Gasteiger partial charge in [0.25, 0.3) is 0 Å². The first kappa shape index (κ1) is 29.3. The molecule has 2 aliphatic carbocycles. The van der Waals surface area contributed by atoms with Crippen molar-refractivity contribution in [3.05, 3.63) is 0 Å². The molecule has 0 radical (unpaired) electrons. The molecule has 3 rings (SSSR count). The van der Waals surface area contributed by atoms with Crippen LogP contribution in [0.25, 0.3) is 0 Å². The topological polar surface area (TPSA) is 124 Å². The van der Waals surface area contributed by atoms with Crippen molar-refractivity contribution in [2.75, 3.05) is 39.8 Å². The van der Waals surface area contributed by atoms with Gasteiger partial charge in [-0.3, -0.25) is 25.5 Å². The van der Waals surface area contributed by atoms with Gasteiger partial charge in [-0.05, 0) is 84.0 Å². The van der Waals surface area contributed by atoms with Gasteiger partial charge in [0, 0.05) is 38.6 Å². The van der Waals surface area contributed by atoms with Gasteiger partial charge in [-0.25, -0.2) is 0 Å². The highest BCUT2D eigenvalue weighted by Gasteiger charge is 2.33. The third-order valence-corrected chi connectivity index (χ3v) is 7.65. The summed E-state index contributed by atoms with van der Waals surface area (Å²) >= 11 is 0. The Morgan fingerprint density at radius 2 is 1.61 bits per heavy atom. The minimum atomic E-state index is -0.538. The van der Waals surface area contributed by atoms with Crippen LogP contribution < -0.4 is 21.3 Å². The first-order chi connectivity index (χ1) is 17.1. The number of rotatable bonds is 10.